The lowest BCUT2D eigenvalue weighted by molar-refractivity contribution is 0.355. The van der Waals surface area contributed by atoms with Gasteiger partial charge in [0.15, 0.2) is 0 Å². The van der Waals surface area contributed by atoms with Gasteiger partial charge in [0.05, 0.1) is 0 Å². The molecular weight excluding hydrogens is 156 g/mol. The van der Waals surface area contributed by atoms with E-state index in [2.05, 4.69) is 26.8 Å². The second-order valence-corrected chi connectivity index (χ2v) is 3.87. The molecule has 0 fully saturated rings. The summed E-state index contributed by atoms with van der Waals surface area (Å²) in [6.07, 6.45) is 7.92. The van der Waals surface area contributed by atoms with Crippen molar-refractivity contribution in [1.82, 2.24) is 0 Å². The van der Waals surface area contributed by atoms with Crippen molar-refractivity contribution >= 4 is 0 Å². The van der Waals surface area contributed by atoms with Crippen molar-refractivity contribution in [2.45, 2.75) is 60.3 Å². The van der Waals surface area contributed by atoms with Crippen molar-refractivity contribution in [2.24, 2.45) is 11.8 Å². The summed E-state index contributed by atoms with van der Waals surface area (Å²) in [5.41, 5.74) is 1.64. The fourth-order valence-electron chi connectivity index (χ4n) is 2.06. The first kappa shape index (κ1) is 12.7. The first-order valence-electron chi connectivity index (χ1n) is 5.92. The molecule has 13 heavy (non-hydrogen) atoms. The molecule has 0 heteroatoms. The Morgan fingerprint density at radius 2 is 2.08 bits per heavy atom. The topological polar surface area (TPSA) is 0 Å². The maximum Gasteiger partial charge on any atom is -0.0180 e. The van der Waals surface area contributed by atoms with Gasteiger partial charge in [0.1, 0.15) is 0 Å². The van der Waals surface area contributed by atoms with E-state index in [0.717, 1.165) is 11.8 Å². The predicted octanol–water partition coefficient (Wildman–Crippen LogP) is 4.81. The number of hydrogen-bond acceptors (Lipinski definition) is 0. The van der Waals surface area contributed by atoms with Crippen LogP contribution in [0.1, 0.15) is 60.3 Å². The van der Waals surface area contributed by atoms with Crippen molar-refractivity contribution in [2.75, 3.05) is 0 Å². The molecule has 0 aliphatic heterocycles. The minimum absolute atomic E-state index is 0.895. The van der Waals surface area contributed by atoms with Crippen LogP contribution in [0.15, 0.2) is 11.6 Å². The Morgan fingerprint density at radius 3 is 2.54 bits per heavy atom. The third-order valence-electron chi connectivity index (χ3n) is 3.10. The van der Waals surface area contributed by atoms with E-state index in [-0.39, 0.29) is 0 Å². The Morgan fingerprint density at radius 1 is 1.46 bits per heavy atom. The maximum atomic E-state index is 2.43. The normalized spacial score (nSPS) is 24.1. The Bertz CT molecular complexity index is 144. The van der Waals surface area contributed by atoms with Gasteiger partial charge in [-0.2, -0.15) is 0 Å². The van der Waals surface area contributed by atoms with Crippen LogP contribution < -0.4 is 0 Å². The van der Waals surface area contributed by atoms with E-state index >= 15 is 0 Å². The Kier molecular flexibility index (Phi) is 7.03. The highest BCUT2D eigenvalue weighted by atomic mass is 14.2. The van der Waals surface area contributed by atoms with Crippen LogP contribution in [0.2, 0.25) is 0 Å². The molecule has 1 rings (SSSR count). The van der Waals surface area contributed by atoms with E-state index in [0.29, 0.717) is 0 Å². The summed E-state index contributed by atoms with van der Waals surface area (Å²) in [7, 11) is 0. The summed E-state index contributed by atoms with van der Waals surface area (Å²) in [6.45, 7) is 11.0. The van der Waals surface area contributed by atoms with Crippen LogP contribution in [0.5, 0.6) is 0 Å². The van der Waals surface area contributed by atoms with Gasteiger partial charge in [-0.25, -0.2) is 0 Å². The third-order valence-corrected chi connectivity index (χ3v) is 3.10. The molecule has 0 amide bonds. The van der Waals surface area contributed by atoms with Crippen molar-refractivity contribution in [3.63, 3.8) is 0 Å². The van der Waals surface area contributed by atoms with Crippen molar-refractivity contribution in [1.29, 1.82) is 0 Å². The summed E-state index contributed by atoms with van der Waals surface area (Å²) in [5.74, 6) is 1.79. The summed E-state index contributed by atoms with van der Waals surface area (Å²) in [5, 5.41) is 0. The van der Waals surface area contributed by atoms with E-state index in [1.807, 2.05) is 13.8 Å². The van der Waals surface area contributed by atoms with Crippen LogP contribution in [-0.2, 0) is 0 Å². The van der Waals surface area contributed by atoms with E-state index in [9.17, 15) is 0 Å². The number of rotatable bonds is 2. The van der Waals surface area contributed by atoms with Gasteiger partial charge >= 0.3 is 0 Å². The molecular formula is C13H26. The second kappa shape index (κ2) is 7.17. The van der Waals surface area contributed by atoms with Gasteiger partial charge in [-0.1, -0.05) is 45.8 Å². The standard InChI is InChI=1S/C11H20.C2H6/c1-4-9(2)11-8-6-5-7-10(11)3;1-2/h7,9,11H,4-6,8H2,1-3H3;1-2H3. The van der Waals surface area contributed by atoms with Gasteiger partial charge in [-0.05, 0) is 38.0 Å². The van der Waals surface area contributed by atoms with Gasteiger partial charge in [-0.3, -0.25) is 0 Å². The van der Waals surface area contributed by atoms with Gasteiger partial charge in [0.2, 0.25) is 0 Å². The summed E-state index contributed by atoms with van der Waals surface area (Å²) in [4.78, 5) is 0. The van der Waals surface area contributed by atoms with E-state index in [1.165, 1.54) is 25.7 Å². The second-order valence-electron chi connectivity index (χ2n) is 3.87. The lowest BCUT2D eigenvalue weighted by atomic mass is 9.79. The zero-order valence-corrected chi connectivity index (χ0v) is 10.1. The number of hydrogen-bond donors (Lipinski definition) is 0. The minimum atomic E-state index is 0.895. The zero-order chi connectivity index (χ0) is 10.3. The molecule has 0 aromatic heterocycles. The monoisotopic (exact) mass is 182 g/mol. The van der Waals surface area contributed by atoms with E-state index in [4.69, 9.17) is 0 Å². The average Bonchev–Trinajstić information content (AvgIpc) is 2.20. The largest absolute Gasteiger partial charge is 0.0853 e. The van der Waals surface area contributed by atoms with Crippen molar-refractivity contribution in [3.05, 3.63) is 11.6 Å². The molecule has 0 saturated heterocycles. The van der Waals surface area contributed by atoms with E-state index in [1.54, 1.807) is 5.57 Å². The quantitative estimate of drug-likeness (QED) is 0.538. The van der Waals surface area contributed by atoms with Gasteiger partial charge in [0, 0.05) is 0 Å². The Labute approximate surface area is 84.4 Å². The van der Waals surface area contributed by atoms with Crippen LogP contribution in [0.25, 0.3) is 0 Å². The average molecular weight is 182 g/mol. The summed E-state index contributed by atoms with van der Waals surface area (Å²) < 4.78 is 0. The van der Waals surface area contributed by atoms with Crippen LogP contribution in [0, 0.1) is 11.8 Å². The molecule has 0 saturated carbocycles. The molecule has 1 aliphatic rings. The van der Waals surface area contributed by atoms with Crippen LogP contribution in [0.3, 0.4) is 0 Å². The predicted molar refractivity (Wildman–Crippen MR) is 61.9 cm³/mol. The molecule has 0 nitrogen and oxygen atoms in total. The highest BCUT2D eigenvalue weighted by molar-refractivity contribution is 5.07. The Hall–Kier alpha value is -0.260. The number of allylic oxidation sites excluding steroid dienone is 2. The lowest BCUT2D eigenvalue weighted by Crippen LogP contribution is -2.14. The molecule has 2 unspecified atom stereocenters. The SMILES string of the molecule is CC.CCC(C)C1CCCC=C1C. The van der Waals surface area contributed by atoms with Crippen LogP contribution >= 0.6 is 0 Å². The van der Waals surface area contributed by atoms with Crippen LogP contribution in [-0.4, -0.2) is 0 Å². The zero-order valence-electron chi connectivity index (χ0n) is 10.1. The smallest absolute Gasteiger partial charge is 0.0180 e. The highest BCUT2D eigenvalue weighted by Crippen LogP contribution is 2.31. The summed E-state index contributed by atoms with van der Waals surface area (Å²) >= 11 is 0. The molecule has 0 radical (unpaired) electrons. The molecule has 0 aromatic carbocycles. The van der Waals surface area contributed by atoms with Gasteiger partial charge in [0.25, 0.3) is 0 Å². The molecule has 78 valence electrons. The van der Waals surface area contributed by atoms with Crippen LogP contribution in [0.4, 0.5) is 0 Å². The molecule has 0 N–H and O–H groups in total. The summed E-state index contributed by atoms with van der Waals surface area (Å²) in [6, 6.07) is 0. The fraction of sp³-hybridized carbons (Fsp3) is 0.846. The lowest BCUT2D eigenvalue weighted by Gasteiger charge is -2.27. The van der Waals surface area contributed by atoms with Gasteiger partial charge in [-0.15, -0.1) is 0 Å². The van der Waals surface area contributed by atoms with E-state index < -0.39 is 0 Å². The Balaban J connectivity index is 0.000000671. The molecule has 0 bridgehead atoms. The minimum Gasteiger partial charge on any atom is -0.0853 e. The molecule has 0 heterocycles. The fourth-order valence-corrected chi connectivity index (χ4v) is 2.06. The molecule has 1 aliphatic carbocycles. The van der Waals surface area contributed by atoms with Gasteiger partial charge < -0.3 is 0 Å². The van der Waals surface area contributed by atoms with Crippen molar-refractivity contribution < 1.29 is 0 Å². The first-order chi connectivity index (χ1) is 6.25. The molecule has 0 aromatic rings. The molecule has 0 spiro atoms. The molecule has 2 atom stereocenters. The third kappa shape index (κ3) is 3.97. The maximum absolute atomic E-state index is 2.43. The highest BCUT2D eigenvalue weighted by Gasteiger charge is 2.19. The van der Waals surface area contributed by atoms with Crippen molar-refractivity contribution in [3.8, 4) is 0 Å². The first-order valence-corrected chi connectivity index (χ1v) is 5.92.